The molecule has 0 amide bonds. The van der Waals surface area contributed by atoms with Gasteiger partial charge in [0.05, 0.1) is 0 Å². The average molecular weight is 197 g/mol. The van der Waals surface area contributed by atoms with E-state index in [1.165, 1.54) is 19.3 Å². The molecule has 0 aromatic heterocycles. The van der Waals surface area contributed by atoms with E-state index in [1.54, 1.807) is 0 Å². The summed E-state index contributed by atoms with van der Waals surface area (Å²) in [5, 5.41) is 10.9. The third-order valence-electron chi connectivity index (χ3n) is 4.29. The van der Waals surface area contributed by atoms with E-state index in [-0.39, 0.29) is 11.0 Å². The van der Waals surface area contributed by atoms with E-state index in [0.29, 0.717) is 11.8 Å². The van der Waals surface area contributed by atoms with Crippen LogP contribution in [-0.4, -0.2) is 11.0 Å². The van der Waals surface area contributed by atoms with E-state index in [0.717, 1.165) is 25.2 Å². The zero-order chi connectivity index (χ0) is 10.1. The van der Waals surface area contributed by atoms with Crippen molar-refractivity contribution in [1.82, 2.24) is 0 Å². The third kappa shape index (κ3) is 1.64. The largest absolute Gasteiger partial charge is 0.264 e. The molecule has 0 N–H and O–H groups in total. The number of nitro groups is 1. The normalized spacial score (nSPS) is 42.9. The molecule has 2 fully saturated rings. The first-order chi connectivity index (χ1) is 6.70. The highest BCUT2D eigenvalue weighted by Gasteiger charge is 2.44. The number of nitrogens with zero attached hydrogens (tertiary/aromatic N) is 1. The van der Waals surface area contributed by atoms with Crippen LogP contribution in [0.15, 0.2) is 0 Å². The maximum atomic E-state index is 10.9. The zero-order valence-electron chi connectivity index (χ0n) is 8.82. The Hall–Kier alpha value is -0.600. The molecule has 4 unspecified atom stereocenters. The van der Waals surface area contributed by atoms with Gasteiger partial charge in [-0.3, -0.25) is 10.1 Å². The molecule has 2 aliphatic carbocycles. The van der Waals surface area contributed by atoms with Crippen molar-refractivity contribution in [3.8, 4) is 0 Å². The van der Waals surface area contributed by atoms with E-state index in [2.05, 4.69) is 6.92 Å². The molecule has 0 saturated heterocycles. The molecule has 0 spiro atoms. The summed E-state index contributed by atoms with van der Waals surface area (Å²) in [6.45, 7) is 2.28. The van der Waals surface area contributed by atoms with Crippen molar-refractivity contribution in [3.63, 3.8) is 0 Å². The van der Waals surface area contributed by atoms with Crippen molar-refractivity contribution >= 4 is 0 Å². The van der Waals surface area contributed by atoms with E-state index < -0.39 is 0 Å². The van der Waals surface area contributed by atoms with Crippen LogP contribution in [0.3, 0.4) is 0 Å². The second-order valence-corrected chi connectivity index (χ2v) is 5.02. The Labute approximate surface area is 85.0 Å². The molecule has 0 radical (unpaired) electrons. The van der Waals surface area contributed by atoms with Crippen molar-refractivity contribution in [2.24, 2.45) is 17.8 Å². The van der Waals surface area contributed by atoms with Crippen LogP contribution >= 0.6 is 0 Å². The highest BCUT2D eigenvalue weighted by Crippen LogP contribution is 2.44. The average Bonchev–Trinajstić information content (AvgIpc) is 2.18. The van der Waals surface area contributed by atoms with Crippen LogP contribution in [0.4, 0.5) is 0 Å². The Morgan fingerprint density at radius 3 is 2.36 bits per heavy atom. The first kappa shape index (κ1) is 9.94. The summed E-state index contributed by atoms with van der Waals surface area (Å²) in [7, 11) is 0. The molecule has 0 aromatic rings. The Kier molecular flexibility index (Phi) is 2.75. The van der Waals surface area contributed by atoms with Gasteiger partial charge in [0.1, 0.15) is 0 Å². The van der Waals surface area contributed by atoms with E-state index in [4.69, 9.17) is 0 Å². The fourth-order valence-corrected chi connectivity index (χ4v) is 3.50. The Morgan fingerprint density at radius 2 is 1.71 bits per heavy atom. The van der Waals surface area contributed by atoms with Gasteiger partial charge in [-0.25, -0.2) is 0 Å². The van der Waals surface area contributed by atoms with Crippen LogP contribution < -0.4 is 0 Å². The molecule has 2 saturated carbocycles. The summed E-state index contributed by atoms with van der Waals surface area (Å²) in [5.41, 5.74) is 0. The predicted octanol–water partition coefficient (Wildman–Crippen LogP) is 2.87. The highest BCUT2D eigenvalue weighted by molar-refractivity contribution is 4.88. The molecule has 0 bridgehead atoms. The zero-order valence-corrected chi connectivity index (χ0v) is 8.82. The summed E-state index contributed by atoms with van der Waals surface area (Å²) < 4.78 is 0. The Morgan fingerprint density at radius 1 is 1.07 bits per heavy atom. The number of fused-ring (bicyclic) bond motifs is 1. The number of rotatable bonds is 1. The van der Waals surface area contributed by atoms with Crippen LogP contribution in [-0.2, 0) is 0 Å². The van der Waals surface area contributed by atoms with Gasteiger partial charge in [-0.15, -0.1) is 0 Å². The fraction of sp³-hybridized carbons (Fsp3) is 1.00. The molecule has 4 atom stereocenters. The van der Waals surface area contributed by atoms with Gasteiger partial charge in [0.2, 0.25) is 6.04 Å². The lowest BCUT2D eigenvalue weighted by Crippen LogP contribution is -2.42. The van der Waals surface area contributed by atoms with Gasteiger partial charge in [-0.1, -0.05) is 19.8 Å². The highest BCUT2D eigenvalue weighted by atomic mass is 16.6. The van der Waals surface area contributed by atoms with Crippen LogP contribution in [0.1, 0.15) is 45.4 Å². The molecule has 3 nitrogen and oxygen atoms in total. The Bertz CT molecular complexity index is 229. The monoisotopic (exact) mass is 197 g/mol. The summed E-state index contributed by atoms with van der Waals surface area (Å²) in [4.78, 5) is 10.9. The summed E-state index contributed by atoms with van der Waals surface area (Å²) in [6.07, 6.45) is 6.70. The van der Waals surface area contributed by atoms with E-state index in [1.807, 2.05) is 0 Å². The molecule has 2 rings (SSSR count). The molecule has 3 heteroatoms. The maximum Gasteiger partial charge on any atom is 0.216 e. The van der Waals surface area contributed by atoms with Gasteiger partial charge in [-0.05, 0) is 31.1 Å². The van der Waals surface area contributed by atoms with Crippen molar-refractivity contribution in [2.75, 3.05) is 0 Å². The van der Waals surface area contributed by atoms with Gasteiger partial charge in [0.15, 0.2) is 0 Å². The molecular formula is C11H19NO2. The first-order valence-corrected chi connectivity index (χ1v) is 5.83. The Balaban J connectivity index is 2.12. The minimum atomic E-state index is -0.225. The fourth-order valence-electron chi connectivity index (χ4n) is 3.50. The molecule has 80 valence electrons. The van der Waals surface area contributed by atoms with E-state index in [9.17, 15) is 10.1 Å². The quantitative estimate of drug-likeness (QED) is 0.479. The second-order valence-electron chi connectivity index (χ2n) is 5.02. The third-order valence-corrected chi connectivity index (χ3v) is 4.29. The summed E-state index contributed by atoms with van der Waals surface area (Å²) in [6, 6.07) is -0.225. The minimum Gasteiger partial charge on any atom is -0.264 e. The molecule has 0 heterocycles. The lowest BCUT2D eigenvalue weighted by Gasteiger charge is -2.40. The smallest absolute Gasteiger partial charge is 0.216 e. The molecule has 0 aromatic carbocycles. The SMILES string of the molecule is CC1CCC([N+](=O)[O-])C2CCCCC12. The summed E-state index contributed by atoms with van der Waals surface area (Å²) >= 11 is 0. The van der Waals surface area contributed by atoms with Crippen molar-refractivity contribution in [1.29, 1.82) is 0 Å². The number of hydrogen-bond donors (Lipinski definition) is 0. The maximum absolute atomic E-state index is 10.9. The lowest BCUT2D eigenvalue weighted by atomic mass is 9.64. The van der Waals surface area contributed by atoms with Crippen molar-refractivity contribution in [2.45, 2.75) is 51.5 Å². The van der Waals surface area contributed by atoms with Crippen LogP contribution in [0.5, 0.6) is 0 Å². The van der Waals surface area contributed by atoms with Crippen LogP contribution in [0, 0.1) is 27.9 Å². The van der Waals surface area contributed by atoms with Crippen LogP contribution in [0.2, 0.25) is 0 Å². The second kappa shape index (κ2) is 3.87. The lowest BCUT2D eigenvalue weighted by molar-refractivity contribution is -0.540. The van der Waals surface area contributed by atoms with Gasteiger partial charge in [0.25, 0.3) is 0 Å². The predicted molar refractivity (Wildman–Crippen MR) is 54.6 cm³/mol. The topological polar surface area (TPSA) is 43.1 Å². The first-order valence-electron chi connectivity index (χ1n) is 5.83. The van der Waals surface area contributed by atoms with Crippen molar-refractivity contribution < 1.29 is 4.92 Å². The van der Waals surface area contributed by atoms with Gasteiger partial charge < -0.3 is 0 Å². The summed E-state index contributed by atoms with van der Waals surface area (Å²) in [5.74, 6) is 1.76. The van der Waals surface area contributed by atoms with Crippen molar-refractivity contribution in [3.05, 3.63) is 10.1 Å². The molecular weight excluding hydrogens is 178 g/mol. The number of hydrogen-bond acceptors (Lipinski definition) is 2. The minimum absolute atomic E-state index is 0.0190. The standard InChI is InChI=1S/C11H19NO2/c1-8-6-7-11(12(13)14)10-5-3-2-4-9(8)10/h8-11H,2-7H2,1H3. The van der Waals surface area contributed by atoms with Gasteiger partial charge in [-0.2, -0.15) is 0 Å². The molecule has 14 heavy (non-hydrogen) atoms. The van der Waals surface area contributed by atoms with Crippen LogP contribution in [0.25, 0.3) is 0 Å². The van der Waals surface area contributed by atoms with Gasteiger partial charge in [0, 0.05) is 17.3 Å². The van der Waals surface area contributed by atoms with E-state index >= 15 is 0 Å². The molecule has 2 aliphatic rings. The van der Waals surface area contributed by atoms with Gasteiger partial charge >= 0.3 is 0 Å². The molecule has 0 aliphatic heterocycles.